The third-order valence-corrected chi connectivity index (χ3v) is 3.71. The molecule has 106 valence electrons. The van der Waals surface area contributed by atoms with E-state index in [0.717, 1.165) is 10.0 Å². The topological polar surface area (TPSA) is 61.0 Å². The molecular formula is C13H13BrClN3O2. The van der Waals surface area contributed by atoms with Gasteiger partial charge in [-0.15, -0.1) is 0 Å². The van der Waals surface area contributed by atoms with Gasteiger partial charge in [-0.3, -0.25) is 10.1 Å². The number of nitro groups is 1. The highest BCUT2D eigenvalue weighted by atomic mass is 79.9. The van der Waals surface area contributed by atoms with Crippen molar-refractivity contribution in [1.82, 2.24) is 9.78 Å². The summed E-state index contributed by atoms with van der Waals surface area (Å²) < 4.78 is 2.41. The van der Waals surface area contributed by atoms with E-state index < -0.39 is 4.92 Å². The Hall–Kier alpha value is -1.40. The van der Waals surface area contributed by atoms with Crippen LogP contribution in [-0.2, 0) is 6.54 Å². The quantitative estimate of drug-likeness (QED) is 0.602. The van der Waals surface area contributed by atoms with Crippen molar-refractivity contribution in [3.63, 3.8) is 0 Å². The van der Waals surface area contributed by atoms with Crippen molar-refractivity contribution in [3.8, 4) is 0 Å². The van der Waals surface area contributed by atoms with Gasteiger partial charge in [0.1, 0.15) is 5.69 Å². The van der Waals surface area contributed by atoms with E-state index in [1.807, 2.05) is 38.1 Å². The molecule has 0 atom stereocenters. The predicted octanol–water partition coefficient (Wildman–Crippen LogP) is 4.38. The molecule has 20 heavy (non-hydrogen) atoms. The smallest absolute Gasteiger partial charge is 0.258 e. The fraction of sp³-hybridized carbons (Fsp3) is 0.308. The fourth-order valence-corrected chi connectivity index (χ4v) is 2.63. The van der Waals surface area contributed by atoms with Crippen LogP contribution < -0.4 is 0 Å². The lowest BCUT2D eigenvalue weighted by atomic mass is 10.1. The maximum absolute atomic E-state index is 11.1. The first kappa shape index (κ1) is 15.0. The second-order valence-corrected chi connectivity index (χ2v) is 6.00. The second-order valence-electron chi connectivity index (χ2n) is 4.72. The maximum atomic E-state index is 11.1. The molecule has 0 unspecified atom stereocenters. The van der Waals surface area contributed by atoms with Gasteiger partial charge in [-0.2, -0.15) is 5.10 Å². The standard InChI is InChI=1S/C13H13BrClN3O2/c1-8(2)11-12(18(19)20)13(15)17(16-11)7-9-4-3-5-10(14)6-9/h3-6,8H,7H2,1-2H3. The first-order valence-electron chi connectivity index (χ1n) is 6.05. The minimum absolute atomic E-state index is 0.0586. The predicted molar refractivity (Wildman–Crippen MR) is 81.2 cm³/mol. The molecule has 0 amide bonds. The zero-order chi connectivity index (χ0) is 14.9. The van der Waals surface area contributed by atoms with Crippen LogP contribution in [0.25, 0.3) is 0 Å². The first-order valence-corrected chi connectivity index (χ1v) is 7.22. The molecule has 0 radical (unpaired) electrons. The number of rotatable bonds is 4. The van der Waals surface area contributed by atoms with Crippen LogP contribution in [-0.4, -0.2) is 14.7 Å². The van der Waals surface area contributed by atoms with Gasteiger partial charge in [-0.05, 0) is 17.7 Å². The molecule has 2 rings (SSSR count). The lowest BCUT2D eigenvalue weighted by Gasteiger charge is -2.03. The van der Waals surface area contributed by atoms with E-state index in [4.69, 9.17) is 11.6 Å². The van der Waals surface area contributed by atoms with Crippen LogP contribution in [0.4, 0.5) is 5.69 Å². The zero-order valence-electron chi connectivity index (χ0n) is 11.0. The monoisotopic (exact) mass is 357 g/mol. The Balaban J connectivity index is 2.43. The maximum Gasteiger partial charge on any atom is 0.329 e. The van der Waals surface area contributed by atoms with E-state index in [1.165, 1.54) is 4.68 Å². The van der Waals surface area contributed by atoms with Crippen LogP contribution in [0.1, 0.15) is 31.0 Å². The molecule has 2 aromatic rings. The molecule has 0 spiro atoms. The second kappa shape index (κ2) is 5.93. The summed E-state index contributed by atoms with van der Waals surface area (Å²) >= 11 is 9.49. The molecule has 0 aliphatic rings. The third kappa shape index (κ3) is 3.02. The van der Waals surface area contributed by atoms with Crippen molar-refractivity contribution in [2.45, 2.75) is 26.3 Å². The van der Waals surface area contributed by atoms with Gasteiger partial charge in [0.05, 0.1) is 11.5 Å². The van der Waals surface area contributed by atoms with Gasteiger partial charge in [0.25, 0.3) is 0 Å². The summed E-state index contributed by atoms with van der Waals surface area (Å²) in [6.07, 6.45) is 0. The molecule has 0 N–H and O–H groups in total. The van der Waals surface area contributed by atoms with Crippen molar-refractivity contribution in [3.05, 3.63) is 55.3 Å². The average molecular weight is 359 g/mol. The minimum Gasteiger partial charge on any atom is -0.258 e. The van der Waals surface area contributed by atoms with Gasteiger partial charge < -0.3 is 0 Å². The number of hydrogen-bond donors (Lipinski definition) is 0. The Kier molecular flexibility index (Phi) is 4.45. The molecule has 0 saturated heterocycles. The summed E-state index contributed by atoms with van der Waals surface area (Å²) in [5.41, 5.74) is 1.28. The first-order chi connectivity index (χ1) is 9.40. The summed E-state index contributed by atoms with van der Waals surface area (Å²) in [5, 5.41) is 15.5. The van der Waals surface area contributed by atoms with Gasteiger partial charge >= 0.3 is 5.69 Å². The van der Waals surface area contributed by atoms with E-state index in [1.54, 1.807) is 0 Å². The largest absolute Gasteiger partial charge is 0.329 e. The van der Waals surface area contributed by atoms with E-state index in [0.29, 0.717) is 12.2 Å². The van der Waals surface area contributed by atoms with Crippen LogP contribution >= 0.6 is 27.5 Å². The molecule has 5 nitrogen and oxygen atoms in total. The number of benzene rings is 1. The molecule has 1 aromatic carbocycles. The van der Waals surface area contributed by atoms with Gasteiger partial charge in [-0.25, -0.2) is 4.68 Å². The molecular weight excluding hydrogens is 346 g/mol. The summed E-state index contributed by atoms with van der Waals surface area (Å²) in [6.45, 7) is 4.11. The van der Waals surface area contributed by atoms with Crippen LogP contribution in [0.3, 0.4) is 0 Å². The van der Waals surface area contributed by atoms with Gasteiger partial charge in [0.2, 0.25) is 5.15 Å². The zero-order valence-corrected chi connectivity index (χ0v) is 13.3. The van der Waals surface area contributed by atoms with Crippen LogP contribution in [0, 0.1) is 10.1 Å². The van der Waals surface area contributed by atoms with E-state index in [2.05, 4.69) is 21.0 Å². The molecule has 0 bridgehead atoms. The Bertz CT molecular complexity index is 655. The molecule has 0 aliphatic heterocycles. The highest BCUT2D eigenvalue weighted by Gasteiger charge is 2.28. The number of halogens is 2. The summed E-state index contributed by atoms with van der Waals surface area (Å²) in [4.78, 5) is 10.7. The van der Waals surface area contributed by atoms with Crippen molar-refractivity contribution in [1.29, 1.82) is 0 Å². The Morgan fingerprint density at radius 3 is 2.70 bits per heavy atom. The minimum atomic E-state index is -0.470. The summed E-state index contributed by atoms with van der Waals surface area (Å²) in [5.74, 6) is -0.0586. The fourth-order valence-electron chi connectivity index (χ4n) is 1.92. The Morgan fingerprint density at radius 1 is 1.50 bits per heavy atom. The number of hydrogen-bond acceptors (Lipinski definition) is 3. The van der Waals surface area contributed by atoms with Crippen LogP contribution in [0.2, 0.25) is 5.15 Å². The third-order valence-electron chi connectivity index (χ3n) is 2.84. The lowest BCUT2D eigenvalue weighted by molar-refractivity contribution is -0.385. The lowest BCUT2D eigenvalue weighted by Crippen LogP contribution is -2.03. The Labute approximate surface area is 129 Å². The van der Waals surface area contributed by atoms with Gasteiger partial charge in [-0.1, -0.05) is 53.5 Å². The summed E-state index contributed by atoms with van der Waals surface area (Å²) in [7, 11) is 0. The Morgan fingerprint density at radius 2 is 2.20 bits per heavy atom. The normalized spacial score (nSPS) is 11.1. The molecule has 0 aliphatic carbocycles. The highest BCUT2D eigenvalue weighted by molar-refractivity contribution is 9.10. The molecule has 1 heterocycles. The van der Waals surface area contributed by atoms with Crippen molar-refractivity contribution in [2.24, 2.45) is 0 Å². The molecule has 0 fully saturated rings. The van der Waals surface area contributed by atoms with Crippen LogP contribution in [0.5, 0.6) is 0 Å². The molecule has 7 heteroatoms. The number of nitrogens with zero attached hydrogens (tertiary/aromatic N) is 3. The van der Waals surface area contributed by atoms with E-state index in [-0.39, 0.29) is 16.8 Å². The van der Waals surface area contributed by atoms with Gasteiger partial charge in [0.15, 0.2) is 0 Å². The average Bonchev–Trinajstić information content (AvgIpc) is 2.67. The van der Waals surface area contributed by atoms with Crippen molar-refractivity contribution in [2.75, 3.05) is 0 Å². The summed E-state index contributed by atoms with van der Waals surface area (Å²) in [6, 6.07) is 7.66. The van der Waals surface area contributed by atoms with Crippen molar-refractivity contribution >= 4 is 33.2 Å². The molecule has 0 saturated carbocycles. The highest BCUT2D eigenvalue weighted by Crippen LogP contribution is 2.33. The van der Waals surface area contributed by atoms with E-state index in [9.17, 15) is 10.1 Å². The van der Waals surface area contributed by atoms with E-state index >= 15 is 0 Å². The SMILES string of the molecule is CC(C)c1nn(Cc2cccc(Br)c2)c(Cl)c1[N+](=O)[O-]. The molecule has 1 aromatic heterocycles. The van der Waals surface area contributed by atoms with Gasteiger partial charge in [0, 0.05) is 10.4 Å². The van der Waals surface area contributed by atoms with Crippen LogP contribution in [0.15, 0.2) is 28.7 Å². The van der Waals surface area contributed by atoms with Crippen molar-refractivity contribution < 1.29 is 4.92 Å². The number of aromatic nitrogens is 2.